The van der Waals surface area contributed by atoms with Crippen molar-refractivity contribution in [3.05, 3.63) is 71.3 Å². The predicted octanol–water partition coefficient (Wildman–Crippen LogP) is 3.74. The van der Waals surface area contributed by atoms with E-state index in [-0.39, 0.29) is 12.5 Å². The maximum atomic E-state index is 13.1. The Morgan fingerprint density at radius 1 is 1.16 bits per heavy atom. The van der Waals surface area contributed by atoms with Gasteiger partial charge in [-0.1, -0.05) is 30.3 Å². The standard InChI is InChI=1S/C23H22N4O4/c1-4-27-21-19(13-25-27)18(11-20(26-21)15-8-6-5-7-9-15)22(28)24-12-16-10-17(14(2)31-16)23(29)30-3/h5-11,13H,4,12H2,1-3H3,(H,24,28). The molecule has 0 aliphatic heterocycles. The van der Waals surface area contributed by atoms with Gasteiger partial charge in [-0.2, -0.15) is 5.10 Å². The summed E-state index contributed by atoms with van der Waals surface area (Å²) in [5.41, 5.74) is 3.06. The van der Waals surface area contributed by atoms with Crippen LogP contribution in [0.5, 0.6) is 0 Å². The van der Waals surface area contributed by atoms with Crippen molar-refractivity contribution < 1.29 is 18.7 Å². The average molecular weight is 418 g/mol. The van der Waals surface area contributed by atoms with Gasteiger partial charge in [-0.05, 0) is 26.0 Å². The number of hydrogen-bond donors (Lipinski definition) is 1. The minimum atomic E-state index is -0.478. The van der Waals surface area contributed by atoms with Crippen LogP contribution in [0.15, 0.2) is 53.1 Å². The van der Waals surface area contributed by atoms with Crippen LogP contribution in [-0.2, 0) is 17.8 Å². The van der Waals surface area contributed by atoms with Crippen LogP contribution in [0, 0.1) is 6.92 Å². The number of aromatic nitrogens is 3. The van der Waals surface area contributed by atoms with Gasteiger partial charge >= 0.3 is 5.97 Å². The number of hydrogen-bond acceptors (Lipinski definition) is 6. The number of aryl methyl sites for hydroxylation is 2. The molecule has 0 spiro atoms. The summed E-state index contributed by atoms with van der Waals surface area (Å²) in [6.45, 7) is 4.41. The molecule has 158 valence electrons. The number of carbonyl (C=O) groups excluding carboxylic acids is 2. The Morgan fingerprint density at radius 3 is 2.65 bits per heavy atom. The third kappa shape index (κ3) is 3.92. The summed E-state index contributed by atoms with van der Waals surface area (Å²) < 4.78 is 12.1. The van der Waals surface area contributed by atoms with Gasteiger partial charge in [0.05, 0.1) is 36.5 Å². The second-order valence-electron chi connectivity index (χ2n) is 6.98. The number of esters is 1. The second kappa shape index (κ2) is 8.43. The van der Waals surface area contributed by atoms with E-state index >= 15 is 0 Å². The lowest BCUT2D eigenvalue weighted by Gasteiger charge is -2.09. The van der Waals surface area contributed by atoms with Crippen molar-refractivity contribution in [2.24, 2.45) is 0 Å². The molecule has 3 aromatic heterocycles. The van der Waals surface area contributed by atoms with E-state index in [2.05, 4.69) is 10.4 Å². The third-order valence-corrected chi connectivity index (χ3v) is 5.02. The number of nitrogens with one attached hydrogen (secondary N) is 1. The zero-order valence-electron chi connectivity index (χ0n) is 17.5. The van der Waals surface area contributed by atoms with Crippen molar-refractivity contribution in [1.29, 1.82) is 0 Å². The van der Waals surface area contributed by atoms with Gasteiger partial charge in [0, 0.05) is 12.1 Å². The van der Waals surface area contributed by atoms with Gasteiger partial charge in [0.1, 0.15) is 17.1 Å². The molecule has 8 heteroatoms. The highest BCUT2D eigenvalue weighted by atomic mass is 16.5. The van der Waals surface area contributed by atoms with Crippen molar-refractivity contribution in [3.63, 3.8) is 0 Å². The van der Waals surface area contributed by atoms with Gasteiger partial charge < -0.3 is 14.5 Å². The minimum absolute atomic E-state index is 0.128. The molecule has 0 atom stereocenters. The first-order valence-corrected chi connectivity index (χ1v) is 9.89. The molecule has 0 fully saturated rings. The fourth-order valence-corrected chi connectivity index (χ4v) is 3.43. The van der Waals surface area contributed by atoms with Gasteiger partial charge in [-0.3, -0.25) is 4.79 Å². The Labute approximate surface area is 178 Å². The summed E-state index contributed by atoms with van der Waals surface area (Å²) in [4.78, 5) is 29.6. The van der Waals surface area contributed by atoms with Crippen LogP contribution in [0.2, 0.25) is 0 Å². The molecule has 4 rings (SSSR count). The lowest BCUT2D eigenvalue weighted by molar-refractivity contribution is 0.0598. The van der Waals surface area contributed by atoms with E-state index < -0.39 is 5.97 Å². The zero-order chi connectivity index (χ0) is 22.0. The van der Waals surface area contributed by atoms with Crippen LogP contribution in [0.1, 0.15) is 39.2 Å². The van der Waals surface area contributed by atoms with Crippen molar-refractivity contribution in [2.75, 3.05) is 7.11 Å². The first-order chi connectivity index (χ1) is 15.0. The highest BCUT2D eigenvalue weighted by Crippen LogP contribution is 2.25. The molecule has 0 saturated carbocycles. The lowest BCUT2D eigenvalue weighted by atomic mass is 10.1. The maximum absolute atomic E-state index is 13.1. The molecule has 1 amide bonds. The van der Waals surface area contributed by atoms with Crippen molar-refractivity contribution in [3.8, 4) is 11.3 Å². The molecular weight excluding hydrogens is 396 g/mol. The first kappa shape index (κ1) is 20.3. The fourth-order valence-electron chi connectivity index (χ4n) is 3.43. The molecule has 0 saturated heterocycles. The molecule has 3 heterocycles. The van der Waals surface area contributed by atoms with E-state index in [1.54, 1.807) is 29.9 Å². The summed E-state index contributed by atoms with van der Waals surface area (Å²) in [7, 11) is 1.31. The number of nitrogens with zero attached hydrogens (tertiary/aromatic N) is 3. The topological polar surface area (TPSA) is 99.2 Å². The fraction of sp³-hybridized carbons (Fsp3) is 0.217. The number of methoxy groups -OCH3 is 1. The van der Waals surface area contributed by atoms with Crippen LogP contribution in [-0.4, -0.2) is 33.8 Å². The van der Waals surface area contributed by atoms with Crippen LogP contribution in [0.4, 0.5) is 0 Å². The Balaban J connectivity index is 1.66. The van der Waals surface area contributed by atoms with Crippen molar-refractivity contribution in [2.45, 2.75) is 26.9 Å². The van der Waals surface area contributed by atoms with Gasteiger partial charge in [0.15, 0.2) is 5.65 Å². The van der Waals surface area contributed by atoms with Crippen LogP contribution in [0.25, 0.3) is 22.3 Å². The monoisotopic (exact) mass is 418 g/mol. The van der Waals surface area contributed by atoms with E-state index in [0.29, 0.717) is 45.9 Å². The Bertz CT molecular complexity index is 1260. The summed E-state index contributed by atoms with van der Waals surface area (Å²) in [6.07, 6.45) is 1.65. The molecule has 0 aliphatic rings. The molecule has 8 nitrogen and oxygen atoms in total. The summed E-state index contributed by atoms with van der Waals surface area (Å²) >= 11 is 0. The number of fused-ring (bicyclic) bond motifs is 1. The smallest absolute Gasteiger partial charge is 0.341 e. The molecular formula is C23H22N4O4. The van der Waals surface area contributed by atoms with Crippen LogP contribution < -0.4 is 5.32 Å². The van der Waals surface area contributed by atoms with Gasteiger partial charge in [0.2, 0.25) is 0 Å². The first-order valence-electron chi connectivity index (χ1n) is 9.89. The van der Waals surface area contributed by atoms with E-state index in [9.17, 15) is 9.59 Å². The van der Waals surface area contributed by atoms with E-state index in [1.165, 1.54) is 7.11 Å². The number of carbonyl (C=O) groups is 2. The van der Waals surface area contributed by atoms with E-state index in [0.717, 1.165) is 5.56 Å². The highest BCUT2D eigenvalue weighted by molar-refractivity contribution is 6.06. The minimum Gasteiger partial charge on any atom is -0.465 e. The number of rotatable bonds is 6. The van der Waals surface area contributed by atoms with E-state index in [1.807, 2.05) is 37.3 Å². The quantitative estimate of drug-likeness (QED) is 0.479. The third-order valence-electron chi connectivity index (χ3n) is 5.02. The number of pyridine rings is 1. The number of furan rings is 1. The molecule has 4 aromatic rings. The Morgan fingerprint density at radius 2 is 1.94 bits per heavy atom. The zero-order valence-corrected chi connectivity index (χ0v) is 17.5. The van der Waals surface area contributed by atoms with E-state index in [4.69, 9.17) is 14.1 Å². The summed E-state index contributed by atoms with van der Waals surface area (Å²) in [5, 5.41) is 7.89. The maximum Gasteiger partial charge on any atom is 0.341 e. The average Bonchev–Trinajstić information content (AvgIpc) is 3.39. The van der Waals surface area contributed by atoms with Crippen molar-refractivity contribution >= 4 is 22.9 Å². The molecule has 31 heavy (non-hydrogen) atoms. The highest BCUT2D eigenvalue weighted by Gasteiger charge is 2.19. The van der Waals surface area contributed by atoms with Crippen molar-refractivity contribution in [1.82, 2.24) is 20.1 Å². The second-order valence-corrected chi connectivity index (χ2v) is 6.98. The van der Waals surface area contributed by atoms with Gasteiger partial charge in [0.25, 0.3) is 5.91 Å². The SMILES string of the molecule is CCn1ncc2c(C(=O)NCc3cc(C(=O)OC)c(C)o3)cc(-c3ccccc3)nc21. The van der Waals surface area contributed by atoms with Gasteiger partial charge in [-0.15, -0.1) is 0 Å². The normalized spacial score (nSPS) is 10.9. The predicted molar refractivity (Wildman–Crippen MR) is 115 cm³/mol. The lowest BCUT2D eigenvalue weighted by Crippen LogP contribution is -2.23. The van der Waals surface area contributed by atoms with Crippen LogP contribution in [0.3, 0.4) is 0 Å². The Kier molecular flexibility index (Phi) is 5.53. The largest absolute Gasteiger partial charge is 0.465 e. The molecule has 0 radical (unpaired) electrons. The summed E-state index contributed by atoms with van der Waals surface area (Å²) in [6, 6.07) is 13.0. The molecule has 1 N–H and O–H groups in total. The molecule has 1 aromatic carbocycles. The number of benzene rings is 1. The Hall–Kier alpha value is -3.94. The summed E-state index contributed by atoms with van der Waals surface area (Å²) in [5.74, 6) is 0.144. The van der Waals surface area contributed by atoms with Crippen LogP contribution >= 0.6 is 0 Å². The molecule has 0 aliphatic carbocycles. The molecule has 0 unspecified atom stereocenters. The molecule has 0 bridgehead atoms. The number of amides is 1. The van der Waals surface area contributed by atoms with Gasteiger partial charge in [-0.25, -0.2) is 14.5 Å². The number of ether oxygens (including phenoxy) is 1.